The number of hydrogen-bond donors (Lipinski definition) is 3. The van der Waals surface area contributed by atoms with Gasteiger partial charge < -0.3 is 15.7 Å². The largest absolute Gasteiger partial charge is 0.393 e. The number of allylic oxidation sites excluding steroid dienone is 2. The summed E-state index contributed by atoms with van der Waals surface area (Å²) in [5.74, 6) is -0.0815. The van der Waals surface area contributed by atoms with Crippen LogP contribution in [0.5, 0.6) is 0 Å². The van der Waals surface area contributed by atoms with Crippen LogP contribution in [0.1, 0.15) is 89.9 Å². The number of fused-ring (bicyclic) bond motifs is 1. The molecule has 0 saturated carbocycles. The molecule has 1 unspecified atom stereocenters. The lowest BCUT2D eigenvalue weighted by molar-refractivity contribution is -0.121. The van der Waals surface area contributed by atoms with Crippen molar-refractivity contribution in [2.24, 2.45) is 16.1 Å². The lowest BCUT2D eigenvalue weighted by Gasteiger charge is -2.28. The van der Waals surface area contributed by atoms with Crippen molar-refractivity contribution >= 4 is 28.8 Å². The van der Waals surface area contributed by atoms with E-state index >= 15 is 0 Å². The van der Waals surface area contributed by atoms with Crippen molar-refractivity contribution in [1.29, 1.82) is 0 Å². The molecule has 3 N–H and O–H groups in total. The molecule has 0 saturated heterocycles. The van der Waals surface area contributed by atoms with E-state index in [2.05, 4.69) is 50.7 Å². The van der Waals surface area contributed by atoms with Crippen LogP contribution in [0, 0.1) is 5.92 Å². The number of aliphatic hydroxyl groups is 1. The van der Waals surface area contributed by atoms with Crippen LogP contribution in [0.3, 0.4) is 0 Å². The van der Waals surface area contributed by atoms with Gasteiger partial charge in [-0.15, -0.1) is 5.10 Å². The van der Waals surface area contributed by atoms with Crippen LogP contribution in [0.4, 0.5) is 5.69 Å². The highest BCUT2D eigenvalue weighted by Gasteiger charge is 2.32. The van der Waals surface area contributed by atoms with Gasteiger partial charge in [0.15, 0.2) is 0 Å². The zero-order valence-electron chi connectivity index (χ0n) is 24.3. The van der Waals surface area contributed by atoms with Gasteiger partial charge in [-0.3, -0.25) is 19.6 Å². The van der Waals surface area contributed by atoms with Crippen molar-refractivity contribution in [3.05, 3.63) is 65.8 Å². The van der Waals surface area contributed by atoms with E-state index < -0.39 is 0 Å². The van der Waals surface area contributed by atoms with Gasteiger partial charge in [0.1, 0.15) is 11.5 Å². The van der Waals surface area contributed by atoms with Gasteiger partial charge in [0, 0.05) is 31.0 Å². The van der Waals surface area contributed by atoms with Gasteiger partial charge in [0.05, 0.1) is 41.1 Å². The van der Waals surface area contributed by atoms with E-state index in [0.29, 0.717) is 43.1 Å². The zero-order valence-corrected chi connectivity index (χ0v) is 24.3. The highest BCUT2D eigenvalue weighted by atomic mass is 16.3. The van der Waals surface area contributed by atoms with Crippen LogP contribution in [-0.2, 0) is 9.59 Å². The van der Waals surface area contributed by atoms with E-state index in [-0.39, 0.29) is 36.2 Å². The minimum Gasteiger partial charge on any atom is -0.393 e. The second-order valence-corrected chi connectivity index (χ2v) is 11.0. The molecule has 4 atom stereocenters. The number of aliphatic hydroxyl groups excluding tert-OH is 1. The Bertz CT molecular complexity index is 1270. The van der Waals surface area contributed by atoms with Gasteiger partial charge in [-0.05, 0) is 82.2 Å². The Morgan fingerprint density at radius 1 is 1.02 bits per heavy atom. The summed E-state index contributed by atoms with van der Waals surface area (Å²) >= 11 is 0. The number of ketones is 1. The van der Waals surface area contributed by atoms with Crippen molar-refractivity contribution < 1.29 is 14.7 Å². The summed E-state index contributed by atoms with van der Waals surface area (Å²) in [6.07, 6.45) is 11.3. The van der Waals surface area contributed by atoms with Crippen LogP contribution < -0.4 is 10.6 Å². The quantitative estimate of drug-likeness (QED) is 0.336. The van der Waals surface area contributed by atoms with E-state index in [4.69, 9.17) is 0 Å². The number of aromatic nitrogens is 2. The second-order valence-electron chi connectivity index (χ2n) is 11.0. The van der Waals surface area contributed by atoms with E-state index in [1.807, 2.05) is 37.3 Å². The van der Waals surface area contributed by atoms with Gasteiger partial charge in [0.25, 0.3) is 0 Å². The molecule has 2 aromatic heterocycles. The molecule has 2 aliphatic rings. The smallest absolute Gasteiger partial charge is 0.224 e. The average Bonchev–Trinajstić information content (AvgIpc) is 2.96. The normalized spacial score (nSPS) is 21.6. The van der Waals surface area contributed by atoms with Crippen LogP contribution >= 0.6 is 0 Å². The van der Waals surface area contributed by atoms with E-state index in [0.717, 1.165) is 48.4 Å². The molecule has 1 aliphatic heterocycles. The fourth-order valence-electron chi connectivity index (χ4n) is 5.46. The molecular weight excluding hydrogens is 516 g/mol. The van der Waals surface area contributed by atoms with E-state index in [1.165, 1.54) is 0 Å². The lowest BCUT2D eigenvalue weighted by atomic mass is 9.80. The molecule has 1 amide bonds. The molecule has 9 heteroatoms. The Hall–Kier alpha value is -3.56. The predicted molar refractivity (Wildman–Crippen MR) is 162 cm³/mol. The standard InChI is InChI=1S/C32H42N6O3/c1-4-9-21(2)35-22(3)29(40)13-8-14-30(41)36-23-15-18-28(34-20-23)32-26-17-16-24(39)10-7-11-25(26)31(37-38-32)27-12-5-6-19-33-27/h5-6,11-12,15,18-22,24,26,35,39H,4,7-10,13-14,16-17H2,1-3H3,(H,36,41)/b25-11+/t21-,22-,24-,26?/m0/s1. The number of carbonyl (C=O) groups excluding carboxylic acids is 2. The number of hydrogen-bond acceptors (Lipinski definition) is 8. The molecule has 2 aromatic rings. The van der Waals surface area contributed by atoms with Crippen molar-refractivity contribution in [1.82, 2.24) is 15.3 Å². The highest BCUT2D eigenvalue weighted by molar-refractivity contribution is 6.19. The Labute approximate surface area is 242 Å². The first kappa shape index (κ1) is 30.4. The number of Topliss-reactive ketones (excluding diaryl/α,β-unsaturated/α-hetero) is 1. The average molecular weight is 559 g/mol. The number of amides is 1. The summed E-state index contributed by atoms with van der Waals surface area (Å²) in [5.41, 5.74) is 4.63. The maximum Gasteiger partial charge on any atom is 0.224 e. The minimum absolute atomic E-state index is 0.0632. The van der Waals surface area contributed by atoms with Crippen LogP contribution in [0.15, 0.2) is 64.6 Å². The second kappa shape index (κ2) is 14.9. The van der Waals surface area contributed by atoms with Crippen molar-refractivity contribution in [3.63, 3.8) is 0 Å². The molecule has 3 heterocycles. The fraction of sp³-hybridized carbons (Fsp3) is 0.500. The Kier molecular flexibility index (Phi) is 11.0. The summed E-state index contributed by atoms with van der Waals surface area (Å²) in [6.45, 7) is 6.11. The van der Waals surface area contributed by atoms with Crippen molar-refractivity contribution in [3.8, 4) is 0 Å². The van der Waals surface area contributed by atoms with Gasteiger partial charge in [0.2, 0.25) is 5.91 Å². The van der Waals surface area contributed by atoms with Gasteiger partial charge >= 0.3 is 0 Å². The predicted octanol–water partition coefficient (Wildman–Crippen LogP) is 5.01. The minimum atomic E-state index is -0.351. The maximum atomic E-state index is 12.5. The fourth-order valence-corrected chi connectivity index (χ4v) is 5.46. The van der Waals surface area contributed by atoms with E-state index in [1.54, 1.807) is 12.4 Å². The SMILES string of the molecule is CCC[C@H](C)N[C@@H](C)C(=O)CCCC(=O)Nc1ccc(C2=NN=C(c3ccccn3)/C3=C/CC[C@H](O)CCC23)nc1. The molecule has 0 radical (unpaired) electrons. The van der Waals surface area contributed by atoms with Crippen molar-refractivity contribution in [2.75, 3.05) is 5.32 Å². The third-order valence-electron chi connectivity index (χ3n) is 7.67. The molecule has 0 aromatic carbocycles. The van der Waals surface area contributed by atoms with Crippen LogP contribution in [0.25, 0.3) is 0 Å². The molecule has 0 fully saturated rings. The Balaban J connectivity index is 1.38. The molecule has 4 rings (SSSR count). The molecule has 0 spiro atoms. The molecule has 218 valence electrons. The number of pyridine rings is 2. The molecule has 9 nitrogen and oxygen atoms in total. The Morgan fingerprint density at radius 3 is 2.61 bits per heavy atom. The molecule has 1 aliphatic carbocycles. The first-order valence-corrected chi connectivity index (χ1v) is 14.9. The van der Waals surface area contributed by atoms with Crippen LogP contribution in [0.2, 0.25) is 0 Å². The summed E-state index contributed by atoms with van der Waals surface area (Å²) in [6, 6.07) is 9.49. The van der Waals surface area contributed by atoms with E-state index in [9.17, 15) is 14.7 Å². The molecule has 41 heavy (non-hydrogen) atoms. The van der Waals surface area contributed by atoms with Crippen LogP contribution in [-0.4, -0.2) is 56.4 Å². The molecular formula is C32H42N6O3. The van der Waals surface area contributed by atoms with Gasteiger partial charge in [-0.25, -0.2) is 0 Å². The number of anilines is 1. The van der Waals surface area contributed by atoms with Crippen molar-refractivity contribution in [2.45, 2.75) is 96.7 Å². The number of nitrogens with one attached hydrogen (secondary N) is 2. The summed E-state index contributed by atoms with van der Waals surface area (Å²) in [4.78, 5) is 34.1. The summed E-state index contributed by atoms with van der Waals surface area (Å²) in [5, 5.41) is 25.7. The number of carbonyl (C=O) groups is 2. The van der Waals surface area contributed by atoms with Gasteiger partial charge in [-0.1, -0.05) is 25.5 Å². The lowest BCUT2D eigenvalue weighted by Crippen LogP contribution is -2.39. The highest BCUT2D eigenvalue weighted by Crippen LogP contribution is 2.32. The number of rotatable bonds is 12. The Morgan fingerprint density at radius 2 is 1.88 bits per heavy atom. The van der Waals surface area contributed by atoms with Gasteiger partial charge in [-0.2, -0.15) is 5.10 Å². The number of nitrogens with zero attached hydrogens (tertiary/aromatic N) is 4. The topological polar surface area (TPSA) is 129 Å². The zero-order chi connectivity index (χ0) is 29.2. The first-order chi connectivity index (χ1) is 19.9. The summed E-state index contributed by atoms with van der Waals surface area (Å²) in [7, 11) is 0. The maximum absolute atomic E-state index is 12.5. The monoisotopic (exact) mass is 558 g/mol. The summed E-state index contributed by atoms with van der Waals surface area (Å²) < 4.78 is 0. The molecule has 0 bridgehead atoms. The third kappa shape index (κ3) is 8.47. The third-order valence-corrected chi connectivity index (χ3v) is 7.67. The first-order valence-electron chi connectivity index (χ1n) is 14.9.